The minimum atomic E-state index is -0.871. The van der Waals surface area contributed by atoms with E-state index in [0.717, 1.165) is 16.9 Å². The fourth-order valence-electron chi connectivity index (χ4n) is 2.87. The van der Waals surface area contributed by atoms with Crippen LogP contribution in [0.15, 0.2) is 48.5 Å². The summed E-state index contributed by atoms with van der Waals surface area (Å²) in [6, 6.07) is 15.6. The summed E-state index contributed by atoms with van der Waals surface area (Å²) in [5.74, 6) is 0.937. The number of ether oxygens (including phenoxy) is 3. The normalized spacial score (nSPS) is 13.4. The third-order valence-corrected chi connectivity index (χ3v) is 4.99. The molecule has 2 aromatic carbocycles. The average molecular weight is 417 g/mol. The molecule has 0 bridgehead atoms. The summed E-state index contributed by atoms with van der Waals surface area (Å²) in [7, 11) is 0. The monoisotopic (exact) mass is 416 g/mol. The Kier molecular flexibility index (Phi) is 8.69. The molecule has 0 radical (unpaired) electrons. The van der Waals surface area contributed by atoms with E-state index >= 15 is 0 Å². The van der Waals surface area contributed by atoms with E-state index in [-0.39, 0.29) is 25.2 Å². The highest BCUT2D eigenvalue weighted by molar-refractivity contribution is 5.65. The van der Waals surface area contributed by atoms with Gasteiger partial charge in [0, 0.05) is 12.3 Å². The predicted octanol–water partition coefficient (Wildman–Crippen LogP) is 3.47. The second-order valence-corrected chi connectivity index (χ2v) is 7.81. The first-order chi connectivity index (χ1) is 14.2. The van der Waals surface area contributed by atoms with Gasteiger partial charge in [-0.1, -0.05) is 45.0 Å². The van der Waals surface area contributed by atoms with E-state index in [2.05, 4.69) is 13.8 Å². The van der Waals surface area contributed by atoms with Gasteiger partial charge in [-0.05, 0) is 41.8 Å². The molecule has 164 valence electrons. The van der Waals surface area contributed by atoms with Crippen molar-refractivity contribution >= 4 is 5.97 Å². The quantitative estimate of drug-likeness (QED) is 0.546. The number of benzene rings is 2. The minimum Gasteiger partial charge on any atom is -0.491 e. The maximum Gasteiger partial charge on any atom is 0.302 e. The van der Waals surface area contributed by atoms with Gasteiger partial charge in [0.05, 0.1) is 6.10 Å². The second-order valence-electron chi connectivity index (χ2n) is 7.81. The fourth-order valence-corrected chi connectivity index (χ4v) is 2.87. The lowest BCUT2D eigenvalue weighted by molar-refractivity contribution is -0.144. The summed E-state index contributed by atoms with van der Waals surface area (Å²) >= 11 is 0. The predicted molar refractivity (Wildman–Crippen MR) is 115 cm³/mol. The molecule has 0 unspecified atom stereocenters. The van der Waals surface area contributed by atoms with Crippen molar-refractivity contribution in [3.8, 4) is 11.5 Å². The average Bonchev–Trinajstić information content (AvgIpc) is 2.75. The molecule has 0 fully saturated rings. The molecule has 0 aliphatic rings. The summed E-state index contributed by atoms with van der Waals surface area (Å²) in [4.78, 5) is 10.8. The molecule has 0 aliphatic heterocycles. The summed E-state index contributed by atoms with van der Waals surface area (Å²) in [6.07, 6.45) is -0.662. The molecule has 6 heteroatoms. The summed E-state index contributed by atoms with van der Waals surface area (Å²) < 4.78 is 15.9. The van der Waals surface area contributed by atoms with Gasteiger partial charge in [0.15, 0.2) is 0 Å². The highest BCUT2D eigenvalue weighted by Gasteiger charge is 2.23. The third-order valence-electron chi connectivity index (χ3n) is 4.99. The molecule has 2 aromatic rings. The van der Waals surface area contributed by atoms with E-state index in [1.165, 1.54) is 6.92 Å². The molecular weight excluding hydrogens is 384 g/mol. The maximum atomic E-state index is 10.8. The topological polar surface area (TPSA) is 85.2 Å². The molecule has 0 aromatic heterocycles. The number of esters is 1. The Labute approximate surface area is 178 Å². The molecule has 6 nitrogen and oxygen atoms in total. The van der Waals surface area contributed by atoms with Crippen LogP contribution in [0.3, 0.4) is 0 Å². The molecule has 0 aliphatic carbocycles. The van der Waals surface area contributed by atoms with Gasteiger partial charge in [0.2, 0.25) is 0 Å². The number of hydrogen-bond acceptors (Lipinski definition) is 6. The van der Waals surface area contributed by atoms with E-state index < -0.39 is 18.2 Å². The highest BCUT2D eigenvalue weighted by atomic mass is 16.5. The van der Waals surface area contributed by atoms with Crippen molar-refractivity contribution in [2.24, 2.45) is 0 Å². The van der Waals surface area contributed by atoms with Gasteiger partial charge < -0.3 is 24.4 Å². The summed E-state index contributed by atoms with van der Waals surface area (Å²) in [6.45, 7) is 7.75. The Morgan fingerprint density at radius 1 is 0.833 bits per heavy atom. The van der Waals surface area contributed by atoms with Crippen molar-refractivity contribution in [2.75, 3.05) is 19.8 Å². The van der Waals surface area contributed by atoms with Gasteiger partial charge in [-0.3, -0.25) is 4.79 Å². The van der Waals surface area contributed by atoms with E-state index in [1.54, 1.807) is 0 Å². The zero-order valence-corrected chi connectivity index (χ0v) is 18.1. The molecule has 2 rings (SSSR count). The zero-order valence-electron chi connectivity index (χ0n) is 18.1. The first kappa shape index (κ1) is 23.7. The van der Waals surface area contributed by atoms with Gasteiger partial charge >= 0.3 is 5.97 Å². The van der Waals surface area contributed by atoms with Crippen LogP contribution < -0.4 is 9.47 Å². The number of carbonyl (C=O) groups is 1. The van der Waals surface area contributed by atoms with Crippen LogP contribution in [0.1, 0.15) is 45.2 Å². The summed E-state index contributed by atoms with van der Waals surface area (Å²) in [5, 5.41) is 19.4. The molecule has 0 amide bonds. The highest BCUT2D eigenvalue weighted by Crippen LogP contribution is 2.33. The maximum absolute atomic E-state index is 10.8. The Hall–Kier alpha value is -2.57. The molecule has 0 heterocycles. The summed E-state index contributed by atoms with van der Waals surface area (Å²) in [5.41, 5.74) is 2.02. The number of carbonyl (C=O) groups excluding carboxylic acids is 1. The van der Waals surface area contributed by atoms with Crippen LogP contribution in [0.5, 0.6) is 11.5 Å². The van der Waals surface area contributed by atoms with Crippen molar-refractivity contribution < 1.29 is 29.2 Å². The van der Waals surface area contributed by atoms with E-state index in [0.29, 0.717) is 12.2 Å². The molecule has 30 heavy (non-hydrogen) atoms. The van der Waals surface area contributed by atoms with Crippen molar-refractivity contribution in [3.05, 3.63) is 59.7 Å². The Morgan fingerprint density at radius 2 is 1.27 bits per heavy atom. The smallest absolute Gasteiger partial charge is 0.302 e. The molecule has 2 atom stereocenters. The Bertz CT molecular complexity index is 782. The van der Waals surface area contributed by atoms with Crippen molar-refractivity contribution in [1.29, 1.82) is 0 Å². The van der Waals surface area contributed by atoms with Crippen LogP contribution in [0, 0.1) is 0 Å². The minimum absolute atomic E-state index is 0.0458. The van der Waals surface area contributed by atoms with Crippen LogP contribution in [-0.4, -0.2) is 48.2 Å². The number of hydrogen-bond donors (Lipinski definition) is 2. The molecule has 0 saturated carbocycles. The van der Waals surface area contributed by atoms with Crippen LogP contribution >= 0.6 is 0 Å². The Morgan fingerprint density at radius 3 is 1.67 bits per heavy atom. The SMILES string of the molecule is CC[C@@H](O)COc1ccc(C(C)(C)c2ccc(OC[C@@H](O)COC(C)=O)cc2)cc1. The lowest BCUT2D eigenvalue weighted by Gasteiger charge is -2.26. The Balaban J connectivity index is 1.96. The number of aliphatic hydroxyl groups excluding tert-OH is 2. The van der Waals surface area contributed by atoms with Crippen LogP contribution in [0.25, 0.3) is 0 Å². The molecule has 0 saturated heterocycles. The van der Waals surface area contributed by atoms with E-state index in [4.69, 9.17) is 14.2 Å². The largest absolute Gasteiger partial charge is 0.491 e. The zero-order chi connectivity index (χ0) is 22.1. The van der Waals surface area contributed by atoms with E-state index in [9.17, 15) is 15.0 Å². The third kappa shape index (κ3) is 7.04. The van der Waals surface area contributed by atoms with Crippen molar-refractivity contribution in [3.63, 3.8) is 0 Å². The first-order valence-corrected chi connectivity index (χ1v) is 10.2. The van der Waals surface area contributed by atoms with Gasteiger partial charge in [-0.15, -0.1) is 0 Å². The fraction of sp³-hybridized carbons (Fsp3) is 0.458. The number of aliphatic hydroxyl groups is 2. The number of rotatable bonds is 11. The molecule has 2 N–H and O–H groups in total. The molecular formula is C24H32O6. The van der Waals surface area contributed by atoms with Crippen molar-refractivity contribution in [1.82, 2.24) is 0 Å². The van der Waals surface area contributed by atoms with Crippen molar-refractivity contribution in [2.45, 2.75) is 51.7 Å². The van der Waals surface area contributed by atoms with Gasteiger partial charge in [-0.25, -0.2) is 0 Å². The van der Waals surface area contributed by atoms with Gasteiger partial charge in [0.1, 0.15) is 37.4 Å². The van der Waals surface area contributed by atoms with Crippen LogP contribution in [0.4, 0.5) is 0 Å². The first-order valence-electron chi connectivity index (χ1n) is 10.2. The van der Waals surface area contributed by atoms with Crippen LogP contribution in [-0.2, 0) is 14.9 Å². The lowest BCUT2D eigenvalue weighted by atomic mass is 9.78. The van der Waals surface area contributed by atoms with Gasteiger partial charge in [-0.2, -0.15) is 0 Å². The van der Waals surface area contributed by atoms with E-state index in [1.807, 2.05) is 55.5 Å². The lowest BCUT2D eigenvalue weighted by Crippen LogP contribution is -2.24. The standard InChI is InChI=1S/C24H32O6/c1-5-20(26)14-29-22-10-6-18(7-11-22)24(3,4)19-8-12-23(13-9-19)30-16-21(27)15-28-17(2)25/h6-13,20-21,26-27H,5,14-16H2,1-4H3/t20-,21+/m1/s1. The molecule has 0 spiro atoms. The van der Waals surface area contributed by atoms with Crippen LogP contribution in [0.2, 0.25) is 0 Å². The second kappa shape index (κ2) is 11.0. The van der Waals surface area contributed by atoms with Gasteiger partial charge in [0.25, 0.3) is 0 Å².